The molecular weight excluding hydrogens is 494 g/mol. The van der Waals surface area contributed by atoms with Gasteiger partial charge in [0, 0.05) is 21.8 Å². The lowest BCUT2D eigenvalue weighted by atomic mass is 9.95. The van der Waals surface area contributed by atoms with Gasteiger partial charge in [0.05, 0.1) is 11.0 Å². The van der Waals surface area contributed by atoms with Crippen molar-refractivity contribution in [3.8, 4) is 16.8 Å². The standard InChI is InChI=1S/C40H25N/c1-3-13-30-26(10-1)12-9-19-31(30)28-20-23-29(24-21-28)41-37-25-22-27-11-2-4-14-32(27)38(37)39-35-17-7-5-15-33(35)34-16-6-8-18-36(34)40(39)41/h1-25H. The van der Waals surface area contributed by atoms with Crippen LogP contribution in [0.3, 0.4) is 0 Å². The average Bonchev–Trinajstić information content (AvgIpc) is 3.41. The molecule has 0 aliphatic heterocycles. The van der Waals surface area contributed by atoms with E-state index in [-0.39, 0.29) is 0 Å². The lowest BCUT2D eigenvalue weighted by Crippen LogP contribution is -1.95. The topological polar surface area (TPSA) is 4.93 Å². The third-order valence-corrected chi connectivity index (χ3v) is 8.75. The normalized spacial score (nSPS) is 11.9. The summed E-state index contributed by atoms with van der Waals surface area (Å²) in [4.78, 5) is 0. The van der Waals surface area contributed by atoms with E-state index in [2.05, 4.69) is 156 Å². The van der Waals surface area contributed by atoms with E-state index in [0.717, 1.165) is 0 Å². The first-order valence-electron chi connectivity index (χ1n) is 14.2. The molecule has 0 aliphatic rings. The second-order valence-electron chi connectivity index (χ2n) is 10.9. The fraction of sp³-hybridized carbons (Fsp3) is 0. The van der Waals surface area contributed by atoms with Crippen LogP contribution in [0.4, 0.5) is 0 Å². The number of aromatic nitrogens is 1. The Kier molecular flexibility index (Phi) is 4.67. The Labute approximate surface area is 237 Å². The van der Waals surface area contributed by atoms with Crippen molar-refractivity contribution in [1.82, 2.24) is 4.57 Å². The molecule has 0 radical (unpaired) electrons. The molecule has 1 nitrogen and oxygen atoms in total. The first-order valence-corrected chi connectivity index (χ1v) is 14.2. The summed E-state index contributed by atoms with van der Waals surface area (Å²) in [7, 11) is 0. The van der Waals surface area contributed by atoms with Crippen LogP contribution in [0.1, 0.15) is 0 Å². The summed E-state index contributed by atoms with van der Waals surface area (Å²) >= 11 is 0. The quantitative estimate of drug-likeness (QED) is 0.200. The Balaban J connectivity index is 1.42. The largest absolute Gasteiger partial charge is 0.309 e. The summed E-state index contributed by atoms with van der Waals surface area (Å²) < 4.78 is 2.48. The van der Waals surface area contributed by atoms with Crippen molar-refractivity contribution in [2.45, 2.75) is 0 Å². The van der Waals surface area contributed by atoms with Crippen molar-refractivity contribution in [2.24, 2.45) is 0 Å². The van der Waals surface area contributed by atoms with E-state index in [4.69, 9.17) is 0 Å². The Hall–Kier alpha value is -5.40. The average molecular weight is 520 g/mol. The second-order valence-corrected chi connectivity index (χ2v) is 10.9. The zero-order chi connectivity index (χ0) is 26.9. The first kappa shape index (κ1) is 22.4. The van der Waals surface area contributed by atoms with Gasteiger partial charge in [-0.15, -0.1) is 0 Å². The maximum atomic E-state index is 2.48. The monoisotopic (exact) mass is 519 g/mol. The van der Waals surface area contributed by atoms with Crippen LogP contribution in [0.5, 0.6) is 0 Å². The molecule has 190 valence electrons. The third-order valence-electron chi connectivity index (χ3n) is 8.75. The molecule has 0 N–H and O–H groups in total. The van der Waals surface area contributed by atoms with E-state index in [0.29, 0.717) is 0 Å². The third kappa shape index (κ3) is 3.18. The van der Waals surface area contributed by atoms with Crippen molar-refractivity contribution in [3.05, 3.63) is 152 Å². The molecule has 0 aliphatic carbocycles. The summed E-state index contributed by atoms with van der Waals surface area (Å²) in [5.41, 5.74) is 6.16. The van der Waals surface area contributed by atoms with E-state index < -0.39 is 0 Å². The SMILES string of the molecule is c1ccc2c(-c3ccc(-n4c5ccc6ccccc6c5c5c6ccccc6c6ccccc6c54)cc3)cccc2c1. The lowest BCUT2D eigenvalue weighted by molar-refractivity contribution is 1.19. The minimum Gasteiger partial charge on any atom is -0.309 e. The Morgan fingerprint density at radius 3 is 1.66 bits per heavy atom. The van der Waals surface area contributed by atoms with Crippen LogP contribution in [0.2, 0.25) is 0 Å². The van der Waals surface area contributed by atoms with Crippen LogP contribution < -0.4 is 0 Å². The highest BCUT2D eigenvalue weighted by atomic mass is 15.0. The van der Waals surface area contributed by atoms with Gasteiger partial charge in [-0.2, -0.15) is 0 Å². The van der Waals surface area contributed by atoms with Crippen LogP contribution in [-0.2, 0) is 0 Å². The Bertz CT molecular complexity index is 2450. The lowest BCUT2D eigenvalue weighted by Gasteiger charge is -2.13. The predicted molar refractivity (Wildman–Crippen MR) is 176 cm³/mol. The summed E-state index contributed by atoms with van der Waals surface area (Å²) in [5, 5.41) is 12.9. The van der Waals surface area contributed by atoms with Gasteiger partial charge in [0.25, 0.3) is 0 Å². The molecule has 0 spiro atoms. The smallest absolute Gasteiger partial charge is 0.0626 e. The minimum atomic E-state index is 1.17. The van der Waals surface area contributed by atoms with Gasteiger partial charge in [0.15, 0.2) is 0 Å². The van der Waals surface area contributed by atoms with Gasteiger partial charge in [-0.3, -0.25) is 0 Å². The molecule has 1 heteroatoms. The van der Waals surface area contributed by atoms with E-state index in [1.807, 2.05) is 0 Å². The van der Waals surface area contributed by atoms with Gasteiger partial charge in [-0.25, -0.2) is 0 Å². The molecule has 9 rings (SSSR count). The van der Waals surface area contributed by atoms with Gasteiger partial charge in [0.2, 0.25) is 0 Å². The van der Waals surface area contributed by atoms with Crippen molar-refractivity contribution in [3.63, 3.8) is 0 Å². The first-order chi connectivity index (χ1) is 20.4. The van der Waals surface area contributed by atoms with Crippen LogP contribution in [-0.4, -0.2) is 4.57 Å². The second kappa shape index (κ2) is 8.55. The van der Waals surface area contributed by atoms with Gasteiger partial charge in [0.1, 0.15) is 0 Å². The van der Waals surface area contributed by atoms with E-state index in [1.165, 1.54) is 81.7 Å². The van der Waals surface area contributed by atoms with Crippen LogP contribution in [0, 0.1) is 0 Å². The fourth-order valence-corrected chi connectivity index (χ4v) is 6.97. The molecule has 0 atom stereocenters. The molecule has 0 unspecified atom stereocenters. The number of benzene rings is 8. The number of hydrogen-bond donors (Lipinski definition) is 0. The molecule has 1 heterocycles. The predicted octanol–water partition coefficient (Wildman–Crippen LogP) is 11.1. The van der Waals surface area contributed by atoms with Crippen molar-refractivity contribution in [1.29, 1.82) is 0 Å². The molecule has 0 saturated heterocycles. The number of hydrogen-bond acceptors (Lipinski definition) is 0. The van der Waals surface area contributed by atoms with E-state index in [1.54, 1.807) is 0 Å². The van der Waals surface area contributed by atoms with Crippen molar-refractivity contribution < 1.29 is 0 Å². The van der Waals surface area contributed by atoms with Crippen LogP contribution in [0.15, 0.2) is 152 Å². The van der Waals surface area contributed by atoms with Crippen LogP contribution in [0.25, 0.3) is 81.7 Å². The van der Waals surface area contributed by atoms with Crippen LogP contribution >= 0.6 is 0 Å². The number of nitrogens with zero attached hydrogens (tertiary/aromatic N) is 1. The fourth-order valence-electron chi connectivity index (χ4n) is 6.97. The highest BCUT2D eigenvalue weighted by Crippen LogP contribution is 2.44. The van der Waals surface area contributed by atoms with Gasteiger partial charge < -0.3 is 4.57 Å². The molecule has 1 aromatic heterocycles. The van der Waals surface area contributed by atoms with Crippen molar-refractivity contribution in [2.75, 3.05) is 0 Å². The molecule has 9 aromatic rings. The molecule has 41 heavy (non-hydrogen) atoms. The van der Waals surface area contributed by atoms with Gasteiger partial charge >= 0.3 is 0 Å². The number of fused-ring (bicyclic) bond motifs is 11. The zero-order valence-corrected chi connectivity index (χ0v) is 22.4. The molecule has 0 bridgehead atoms. The highest BCUT2D eigenvalue weighted by Gasteiger charge is 2.20. The maximum absolute atomic E-state index is 2.48. The summed E-state index contributed by atoms with van der Waals surface area (Å²) in [5.74, 6) is 0. The maximum Gasteiger partial charge on any atom is 0.0626 e. The molecule has 8 aromatic carbocycles. The van der Waals surface area contributed by atoms with Crippen molar-refractivity contribution >= 4 is 64.9 Å². The summed E-state index contributed by atoms with van der Waals surface area (Å²) in [6.45, 7) is 0. The molecule has 0 fully saturated rings. The Morgan fingerprint density at radius 1 is 0.341 bits per heavy atom. The summed E-state index contributed by atoms with van der Waals surface area (Å²) in [6, 6.07) is 55.4. The van der Waals surface area contributed by atoms with E-state index >= 15 is 0 Å². The summed E-state index contributed by atoms with van der Waals surface area (Å²) in [6.07, 6.45) is 0. The van der Waals surface area contributed by atoms with Gasteiger partial charge in [-0.1, -0.05) is 133 Å². The molecule has 0 saturated carbocycles. The Morgan fingerprint density at radius 2 is 0.902 bits per heavy atom. The van der Waals surface area contributed by atoms with Gasteiger partial charge in [-0.05, 0) is 67.0 Å². The zero-order valence-electron chi connectivity index (χ0n) is 22.4. The van der Waals surface area contributed by atoms with E-state index in [9.17, 15) is 0 Å². The molecular formula is C40H25N. The molecule has 0 amide bonds. The highest BCUT2D eigenvalue weighted by molar-refractivity contribution is 6.35. The number of rotatable bonds is 2. The minimum absolute atomic E-state index is 1.17.